The van der Waals surface area contributed by atoms with E-state index in [2.05, 4.69) is 35.1 Å². The number of aromatic nitrogens is 5. The highest BCUT2D eigenvalue weighted by Gasteiger charge is 2.24. The van der Waals surface area contributed by atoms with E-state index in [4.69, 9.17) is 0 Å². The predicted octanol–water partition coefficient (Wildman–Crippen LogP) is 2.52. The van der Waals surface area contributed by atoms with Gasteiger partial charge in [-0.25, -0.2) is 19.9 Å². The number of piperazine rings is 1. The lowest BCUT2D eigenvalue weighted by Gasteiger charge is -2.35. The minimum absolute atomic E-state index is 0.0990. The van der Waals surface area contributed by atoms with E-state index in [9.17, 15) is 4.79 Å². The third-order valence-electron chi connectivity index (χ3n) is 5.13. The first-order valence-corrected chi connectivity index (χ1v) is 10.0. The van der Waals surface area contributed by atoms with Crippen LogP contribution in [0.15, 0.2) is 67.3 Å². The number of carbonyl (C=O) groups excluding carboxylic acids is 1. The third kappa shape index (κ3) is 4.11. The van der Waals surface area contributed by atoms with E-state index in [1.807, 2.05) is 53.4 Å². The molecule has 1 aromatic carbocycles. The fourth-order valence-electron chi connectivity index (χ4n) is 3.52. The zero-order valence-electron chi connectivity index (χ0n) is 16.7. The summed E-state index contributed by atoms with van der Waals surface area (Å²) in [5, 5.41) is 3.18. The Morgan fingerprint density at radius 2 is 1.65 bits per heavy atom. The van der Waals surface area contributed by atoms with Gasteiger partial charge in [-0.2, -0.15) is 0 Å². The lowest BCUT2D eigenvalue weighted by molar-refractivity contribution is 0.0740. The summed E-state index contributed by atoms with van der Waals surface area (Å²) >= 11 is 0. The topological polar surface area (TPSA) is 100 Å². The number of benzene rings is 1. The number of hydrogen-bond donors (Lipinski definition) is 1. The number of pyridine rings is 1. The smallest absolute Gasteiger partial charge is 0.274 e. The van der Waals surface area contributed by atoms with Crippen molar-refractivity contribution < 1.29 is 4.79 Å². The molecule has 1 fully saturated rings. The molecule has 1 N–H and O–H groups in total. The molecule has 1 saturated heterocycles. The summed E-state index contributed by atoms with van der Waals surface area (Å²) in [7, 11) is 0. The number of anilines is 3. The van der Waals surface area contributed by atoms with Gasteiger partial charge in [-0.05, 0) is 24.3 Å². The predicted molar refractivity (Wildman–Crippen MR) is 117 cm³/mol. The Hall–Kier alpha value is -4.14. The molecule has 3 aromatic heterocycles. The number of nitrogens with one attached hydrogen (secondary N) is 1. The first kappa shape index (κ1) is 18.9. The van der Waals surface area contributed by atoms with Gasteiger partial charge < -0.3 is 15.1 Å². The lowest BCUT2D eigenvalue weighted by atomic mass is 10.2. The van der Waals surface area contributed by atoms with Gasteiger partial charge in [0, 0.05) is 38.4 Å². The Morgan fingerprint density at radius 1 is 0.839 bits per heavy atom. The van der Waals surface area contributed by atoms with Crippen molar-refractivity contribution in [2.45, 2.75) is 0 Å². The Bertz CT molecular complexity index is 1210. The molecule has 0 radical (unpaired) electrons. The van der Waals surface area contributed by atoms with Crippen molar-refractivity contribution in [2.75, 3.05) is 36.4 Å². The van der Waals surface area contributed by atoms with E-state index in [1.54, 1.807) is 12.4 Å². The molecular formula is C22H20N8O. The molecule has 0 unspecified atom stereocenters. The minimum atomic E-state index is -0.0990. The van der Waals surface area contributed by atoms with E-state index in [0.717, 1.165) is 22.7 Å². The van der Waals surface area contributed by atoms with Crippen LogP contribution in [-0.2, 0) is 0 Å². The van der Waals surface area contributed by atoms with Crippen LogP contribution in [0.4, 0.5) is 17.5 Å². The summed E-state index contributed by atoms with van der Waals surface area (Å²) in [6.45, 7) is 2.51. The van der Waals surface area contributed by atoms with Gasteiger partial charge in [0.25, 0.3) is 5.91 Å². The summed E-state index contributed by atoms with van der Waals surface area (Å²) < 4.78 is 0. The number of carbonyl (C=O) groups is 1. The van der Waals surface area contributed by atoms with Gasteiger partial charge in [0.05, 0.1) is 17.2 Å². The van der Waals surface area contributed by atoms with Crippen LogP contribution in [-0.4, -0.2) is 61.9 Å². The maximum absolute atomic E-state index is 12.9. The molecule has 0 aliphatic carbocycles. The Morgan fingerprint density at radius 3 is 2.45 bits per heavy atom. The Balaban J connectivity index is 1.24. The molecule has 154 valence electrons. The zero-order chi connectivity index (χ0) is 21.0. The minimum Gasteiger partial charge on any atom is -0.353 e. The highest BCUT2D eigenvalue weighted by atomic mass is 16.2. The van der Waals surface area contributed by atoms with Gasteiger partial charge in [-0.1, -0.05) is 18.2 Å². The standard InChI is InChI=1S/C22H20N8O/c31-22(18-14-24-16-5-1-2-6-17(16)27-18)30-11-9-29(10-12-30)21-13-20(25-15-26-21)28-19-7-3-4-8-23-19/h1-8,13-15H,9-12H2,(H,23,25,26,28). The molecular weight excluding hydrogens is 392 g/mol. The number of amides is 1. The molecule has 1 aliphatic rings. The van der Waals surface area contributed by atoms with Crippen molar-refractivity contribution in [1.29, 1.82) is 0 Å². The van der Waals surface area contributed by atoms with Crippen molar-refractivity contribution in [3.8, 4) is 0 Å². The van der Waals surface area contributed by atoms with Crippen LogP contribution in [0.3, 0.4) is 0 Å². The maximum Gasteiger partial charge on any atom is 0.274 e. The van der Waals surface area contributed by atoms with Crippen LogP contribution in [0.25, 0.3) is 11.0 Å². The first-order valence-electron chi connectivity index (χ1n) is 10.0. The fourth-order valence-corrected chi connectivity index (χ4v) is 3.52. The summed E-state index contributed by atoms with van der Waals surface area (Å²) in [5.41, 5.74) is 1.87. The molecule has 31 heavy (non-hydrogen) atoms. The molecule has 4 aromatic rings. The van der Waals surface area contributed by atoms with Gasteiger partial charge in [-0.3, -0.25) is 9.78 Å². The van der Waals surface area contributed by atoms with E-state index >= 15 is 0 Å². The zero-order valence-corrected chi connectivity index (χ0v) is 16.7. The van der Waals surface area contributed by atoms with Crippen LogP contribution < -0.4 is 10.2 Å². The number of para-hydroxylation sites is 2. The highest BCUT2D eigenvalue weighted by molar-refractivity contribution is 5.94. The lowest BCUT2D eigenvalue weighted by Crippen LogP contribution is -2.49. The molecule has 0 spiro atoms. The van der Waals surface area contributed by atoms with Gasteiger partial charge in [0.2, 0.25) is 0 Å². The second kappa shape index (κ2) is 8.31. The van der Waals surface area contributed by atoms with Crippen molar-refractivity contribution in [2.24, 2.45) is 0 Å². The van der Waals surface area contributed by atoms with Gasteiger partial charge in [0.15, 0.2) is 0 Å². The summed E-state index contributed by atoms with van der Waals surface area (Å²) in [6, 6.07) is 15.1. The average molecular weight is 412 g/mol. The van der Waals surface area contributed by atoms with Crippen LogP contribution >= 0.6 is 0 Å². The van der Waals surface area contributed by atoms with Crippen molar-refractivity contribution >= 4 is 34.4 Å². The quantitative estimate of drug-likeness (QED) is 0.546. The molecule has 9 nitrogen and oxygen atoms in total. The third-order valence-corrected chi connectivity index (χ3v) is 5.13. The van der Waals surface area contributed by atoms with E-state index < -0.39 is 0 Å². The van der Waals surface area contributed by atoms with Gasteiger partial charge >= 0.3 is 0 Å². The fraction of sp³-hybridized carbons (Fsp3) is 0.182. The Labute approximate surface area is 178 Å². The molecule has 0 saturated carbocycles. The summed E-state index contributed by atoms with van der Waals surface area (Å²) in [6.07, 6.45) is 4.81. The molecule has 0 bridgehead atoms. The van der Waals surface area contributed by atoms with E-state index in [-0.39, 0.29) is 5.91 Å². The molecule has 9 heteroatoms. The molecule has 4 heterocycles. The first-order chi connectivity index (χ1) is 15.3. The van der Waals surface area contributed by atoms with Crippen LogP contribution in [0.1, 0.15) is 10.5 Å². The maximum atomic E-state index is 12.9. The molecule has 0 atom stereocenters. The van der Waals surface area contributed by atoms with Crippen LogP contribution in [0, 0.1) is 0 Å². The van der Waals surface area contributed by atoms with E-state index in [1.165, 1.54) is 6.33 Å². The average Bonchev–Trinajstić information content (AvgIpc) is 2.84. The molecule has 1 aliphatic heterocycles. The number of hydrogen-bond acceptors (Lipinski definition) is 8. The molecule has 1 amide bonds. The number of nitrogens with zero attached hydrogens (tertiary/aromatic N) is 7. The van der Waals surface area contributed by atoms with Gasteiger partial charge in [-0.15, -0.1) is 0 Å². The SMILES string of the molecule is O=C(c1cnc2ccccc2n1)N1CCN(c2cc(Nc3ccccn3)ncn2)CC1. The Kier molecular flexibility index (Phi) is 5.05. The largest absolute Gasteiger partial charge is 0.353 e. The van der Waals surface area contributed by atoms with Crippen molar-refractivity contribution in [1.82, 2.24) is 29.8 Å². The number of rotatable bonds is 4. The van der Waals surface area contributed by atoms with Crippen LogP contribution in [0.5, 0.6) is 0 Å². The molecule has 5 rings (SSSR count). The summed E-state index contributed by atoms with van der Waals surface area (Å²) in [4.78, 5) is 38.6. The van der Waals surface area contributed by atoms with Gasteiger partial charge in [0.1, 0.15) is 29.5 Å². The second-order valence-corrected chi connectivity index (χ2v) is 7.12. The number of fused-ring (bicyclic) bond motifs is 1. The normalized spacial score (nSPS) is 13.9. The highest BCUT2D eigenvalue weighted by Crippen LogP contribution is 2.19. The monoisotopic (exact) mass is 412 g/mol. The van der Waals surface area contributed by atoms with Crippen LogP contribution in [0.2, 0.25) is 0 Å². The van der Waals surface area contributed by atoms with Crippen molar-refractivity contribution in [3.63, 3.8) is 0 Å². The second-order valence-electron chi connectivity index (χ2n) is 7.12. The van der Waals surface area contributed by atoms with E-state index in [0.29, 0.717) is 37.7 Å². The van der Waals surface area contributed by atoms with Crippen molar-refractivity contribution in [3.05, 3.63) is 72.9 Å². The summed E-state index contributed by atoms with van der Waals surface area (Å²) in [5.74, 6) is 2.11.